The van der Waals surface area contributed by atoms with E-state index >= 15 is 0 Å². The van der Waals surface area contributed by atoms with Crippen molar-refractivity contribution in [2.75, 3.05) is 6.54 Å². The molecule has 1 aromatic rings. The van der Waals surface area contributed by atoms with Gasteiger partial charge in [-0.25, -0.2) is 4.98 Å². The zero-order chi connectivity index (χ0) is 13.4. The molecule has 2 N–H and O–H groups in total. The highest BCUT2D eigenvalue weighted by Gasteiger charge is 2.06. The Kier molecular flexibility index (Phi) is 5.90. The predicted octanol–water partition coefficient (Wildman–Crippen LogP) is 1.18. The third kappa shape index (κ3) is 5.47. The molecule has 0 aliphatic rings. The lowest BCUT2D eigenvalue weighted by Gasteiger charge is -2.02. The minimum atomic E-state index is -0.751. The number of aliphatic carboxylic acids is 1. The predicted molar refractivity (Wildman–Crippen MR) is 66.3 cm³/mol. The maximum absolute atomic E-state index is 11.6. The molecule has 0 aliphatic heterocycles. The number of hydrogen-bond acceptors (Lipinski definition) is 3. The van der Waals surface area contributed by atoms with Gasteiger partial charge in [0.15, 0.2) is 0 Å². The third-order valence-electron chi connectivity index (χ3n) is 2.54. The fourth-order valence-electron chi connectivity index (χ4n) is 1.58. The zero-order valence-electron chi connectivity index (χ0n) is 10.6. The number of nitrogens with zero attached hydrogens (tertiary/aromatic N) is 2. The fourth-order valence-corrected chi connectivity index (χ4v) is 1.58. The first-order valence-corrected chi connectivity index (χ1v) is 6.07. The number of carboxylic acids is 1. The maximum atomic E-state index is 11.6. The number of hydrogen-bond donors (Lipinski definition) is 2. The molecule has 1 rings (SSSR count). The van der Waals surface area contributed by atoms with E-state index in [-0.39, 0.29) is 12.3 Å². The Labute approximate surface area is 106 Å². The second-order valence-electron chi connectivity index (χ2n) is 4.24. The summed E-state index contributed by atoms with van der Waals surface area (Å²) in [5.41, 5.74) is 0.420. The van der Waals surface area contributed by atoms with Crippen LogP contribution in [0.25, 0.3) is 0 Å². The van der Waals surface area contributed by atoms with Crippen LogP contribution in [-0.4, -0.2) is 33.1 Å². The van der Waals surface area contributed by atoms with Crippen LogP contribution >= 0.6 is 0 Å². The van der Waals surface area contributed by atoms with Crippen LogP contribution in [0.4, 0.5) is 0 Å². The average Bonchev–Trinajstić information content (AvgIpc) is 2.74. The Morgan fingerprint density at radius 2 is 2.06 bits per heavy atom. The van der Waals surface area contributed by atoms with Crippen LogP contribution in [0, 0.1) is 0 Å². The van der Waals surface area contributed by atoms with Gasteiger partial charge in [-0.1, -0.05) is 12.8 Å². The first-order valence-electron chi connectivity index (χ1n) is 6.07. The van der Waals surface area contributed by atoms with Crippen LogP contribution in [0.5, 0.6) is 0 Å². The van der Waals surface area contributed by atoms with Crippen LogP contribution in [-0.2, 0) is 11.8 Å². The van der Waals surface area contributed by atoms with Gasteiger partial charge in [-0.05, 0) is 12.8 Å². The number of imidazole rings is 1. The zero-order valence-corrected chi connectivity index (χ0v) is 10.6. The van der Waals surface area contributed by atoms with E-state index in [0.717, 1.165) is 19.3 Å². The molecule has 0 bridgehead atoms. The van der Waals surface area contributed by atoms with Gasteiger partial charge in [-0.3, -0.25) is 9.59 Å². The van der Waals surface area contributed by atoms with Crippen LogP contribution in [0.15, 0.2) is 12.5 Å². The molecule has 6 nitrogen and oxygen atoms in total. The lowest BCUT2D eigenvalue weighted by Crippen LogP contribution is -2.24. The van der Waals surface area contributed by atoms with E-state index in [9.17, 15) is 9.59 Å². The van der Waals surface area contributed by atoms with Gasteiger partial charge in [0.1, 0.15) is 5.69 Å². The molecule has 0 spiro atoms. The van der Waals surface area contributed by atoms with Gasteiger partial charge in [0.2, 0.25) is 0 Å². The molecule has 0 saturated carbocycles. The first-order chi connectivity index (χ1) is 8.59. The number of amides is 1. The third-order valence-corrected chi connectivity index (χ3v) is 2.54. The molecule has 1 heterocycles. The van der Waals surface area contributed by atoms with E-state index in [1.54, 1.807) is 17.1 Å². The molecular weight excluding hydrogens is 234 g/mol. The number of aromatic nitrogens is 2. The molecule has 0 saturated heterocycles. The van der Waals surface area contributed by atoms with Crippen molar-refractivity contribution in [3.05, 3.63) is 18.2 Å². The number of nitrogens with one attached hydrogen (secondary N) is 1. The molecule has 0 aromatic carbocycles. The summed E-state index contributed by atoms with van der Waals surface area (Å²) in [5.74, 6) is -0.917. The summed E-state index contributed by atoms with van der Waals surface area (Å²) >= 11 is 0. The van der Waals surface area contributed by atoms with Gasteiger partial charge in [-0.15, -0.1) is 0 Å². The summed E-state index contributed by atoms with van der Waals surface area (Å²) in [6.45, 7) is 0.600. The molecule has 0 unspecified atom stereocenters. The standard InChI is InChI=1S/C12H19N3O3/c1-15-8-10(14-9-15)12(18)13-7-5-3-2-4-6-11(16)17/h8-9H,2-7H2,1H3,(H,13,18)(H,16,17). The van der Waals surface area contributed by atoms with Gasteiger partial charge in [0.05, 0.1) is 6.33 Å². The van der Waals surface area contributed by atoms with E-state index in [4.69, 9.17) is 5.11 Å². The van der Waals surface area contributed by atoms with Crippen molar-refractivity contribution >= 4 is 11.9 Å². The summed E-state index contributed by atoms with van der Waals surface area (Å²) in [6.07, 6.45) is 6.84. The number of carbonyl (C=O) groups is 2. The highest BCUT2D eigenvalue weighted by molar-refractivity contribution is 5.91. The molecule has 1 aromatic heterocycles. The van der Waals surface area contributed by atoms with Crippen molar-refractivity contribution < 1.29 is 14.7 Å². The number of aryl methyl sites for hydroxylation is 1. The molecule has 6 heteroatoms. The quantitative estimate of drug-likeness (QED) is 0.681. The van der Waals surface area contributed by atoms with E-state index in [2.05, 4.69) is 10.3 Å². The summed E-state index contributed by atoms with van der Waals surface area (Å²) in [6, 6.07) is 0. The Bertz CT molecular complexity index is 401. The van der Waals surface area contributed by atoms with Crippen molar-refractivity contribution in [2.45, 2.75) is 32.1 Å². The first kappa shape index (κ1) is 14.2. The molecule has 0 atom stereocenters. The fraction of sp³-hybridized carbons (Fsp3) is 0.583. The second-order valence-corrected chi connectivity index (χ2v) is 4.24. The van der Waals surface area contributed by atoms with E-state index in [1.807, 2.05) is 7.05 Å². The van der Waals surface area contributed by atoms with Crippen molar-refractivity contribution in [1.82, 2.24) is 14.9 Å². The molecular formula is C12H19N3O3. The average molecular weight is 253 g/mol. The van der Waals surface area contributed by atoms with Crippen molar-refractivity contribution in [3.63, 3.8) is 0 Å². The summed E-state index contributed by atoms with van der Waals surface area (Å²) < 4.78 is 1.72. The second kappa shape index (κ2) is 7.47. The molecule has 18 heavy (non-hydrogen) atoms. The minimum absolute atomic E-state index is 0.166. The number of carboxylic acid groups (broad SMARTS) is 1. The maximum Gasteiger partial charge on any atom is 0.303 e. The molecule has 0 fully saturated rings. The Morgan fingerprint density at radius 1 is 1.33 bits per heavy atom. The van der Waals surface area contributed by atoms with Crippen molar-refractivity contribution in [3.8, 4) is 0 Å². The van der Waals surface area contributed by atoms with E-state index < -0.39 is 5.97 Å². The molecule has 1 amide bonds. The lowest BCUT2D eigenvalue weighted by molar-refractivity contribution is -0.137. The van der Waals surface area contributed by atoms with Gasteiger partial charge < -0.3 is 15.0 Å². The van der Waals surface area contributed by atoms with Gasteiger partial charge in [0.25, 0.3) is 5.91 Å². The van der Waals surface area contributed by atoms with Gasteiger partial charge >= 0.3 is 5.97 Å². The normalized spacial score (nSPS) is 10.3. The van der Waals surface area contributed by atoms with Gasteiger partial charge in [0, 0.05) is 26.2 Å². The summed E-state index contributed by atoms with van der Waals surface area (Å²) in [4.78, 5) is 25.8. The Hall–Kier alpha value is -1.85. The molecule has 0 radical (unpaired) electrons. The van der Waals surface area contributed by atoms with Crippen LogP contribution in [0.1, 0.15) is 42.6 Å². The minimum Gasteiger partial charge on any atom is -0.481 e. The van der Waals surface area contributed by atoms with Crippen molar-refractivity contribution in [1.29, 1.82) is 0 Å². The largest absolute Gasteiger partial charge is 0.481 e. The highest BCUT2D eigenvalue weighted by atomic mass is 16.4. The molecule has 0 aliphatic carbocycles. The van der Waals surface area contributed by atoms with E-state index in [0.29, 0.717) is 18.7 Å². The van der Waals surface area contributed by atoms with Crippen LogP contribution in [0.3, 0.4) is 0 Å². The summed E-state index contributed by atoms with van der Waals surface area (Å²) in [5, 5.41) is 11.2. The highest BCUT2D eigenvalue weighted by Crippen LogP contribution is 2.02. The SMILES string of the molecule is Cn1cnc(C(=O)NCCCCCCC(=O)O)c1. The Morgan fingerprint density at radius 3 is 2.67 bits per heavy atom. The Balaban J connectivity index is 2.04. The number of unbranched alkanes of at least 4 members (excludes halogenated alkanes) is 3. The van der Waals surface area contributed by atoms with Crippen LogP contribution in [0.2, 0.25) is 0 Å². The molecule has 100 valence electrons. The lowest BCUT2D eigenvalue weighted by atomic mass is 10.1. The van der Waals surface area contributed by atoms with Crippen molar-refractivity contribution in [2.24, 2.45) is 7.05 Å². The van der Waals surface area contributed by atoms with E-state index in [1.165, 1.54) is 0 Å². The summed E-state index contributed by atoms with van der Waals surface area (Å²) in [7, 11) is 1.81. The topological polar surface area (TPSA) is 84.2 Å². The monoisotopic (exact) mass is 253 g/mol. The van der Waals surface area contributed by atoms with Gasteiger partial charge in [-0.2, -0.15) is 0 Å². The van der Waals surface area contributed by atoms with Crippen LogP contribution < -0.4 is 5.32 Å². The number of carbonyl (C=O) groups excluding carboxylic acids is 1. The number of rotatable bonds is 8. The smallest absolute Gasteiger partial charge is 0.303 e.